The fourth-order valence-electron chi connectivity index (χ4n) is 1.03. The van der Waals surface area contributed by atoms with Crippen molar-refractivity contribution < 1.29 is 0 Å². The van der Waals surface area contributed by atoms with Crippen LogP contribution >= 0.6 is 0 Å². The van der Waals surface area contributed by atoms with Gasteiger partial charge >= 0.3 is 0 Å². The van der Waals surface area contributed by atoms with Crippen LogP contribution in [0.4, 0.5) is 5.82 Å². The van der Waals surface area contributed by atoms with E-state index in [4.69, 9.17) is 5.73 Å². The fraction of sp³-hybridized carbons (Fsp3) is 0.571. The van der Waals surface area contributed by atoms with Gasteiger partial charge < -0.3 is 10.6 Å². The third kappa shape index (κ3) is 1.51. The van der Waals surface area contributed by atoms with E-state index in [1.165, 1.54) is 0 Å². The average Bonchev–Trinajstić information content (AvgIpc) is 2.30. The van der Waals surface area contributed by atoms with Gasteiger partial charge in [-0.15, -0.1) is 0 Å². The second kappa shape index (κ2) is 2.92. The molecule has 0 spiro atoms. The van der Waals surface area contributed by atoms with Crippen molar-refractivity contribution in [3.05, 3.63) is 11.8 Å². The SMILES string of the molecule is CN(C)c1cc(CN)nn1C. The first-order valence-corrected chi connectivity index (χ1v) is 3.55. The second-order valence-corrected chi connectivity index (χ2v) is 2.72. The molecule has 0 aliphatic rings. The lowest BCUT2D eigenvalue weighted by Gasteiger charge is -2.10. The van der Waals surface area contributed by atoms with E-state index in [1.807, 2.05) is 36.8 Å². The summed E-state index contributed by atoms with van der Waals surface area (Å²) in [6, 6.07) is 1.99. The van der Waals surface area contributed by atoms with Crippen LogP contribution in [-0.4, -0.2) is 23.9 Å². The Morgan fingerprint density at radius 3 is 2.55 bits per heavy atom. The second-order valence-electron chi connectivity index (χ2n) is 2.72. The zero-order valence-electron chi connectivity index (χ0n) is 7.20. The van der Waals surface area contributed by atoms with Crippen LogP contribution in [0.2, 0.25) is 0 Å². The Morgan fingerprint density at radius 1 is 1.64 bits per heavy atom. The molecule has 11 heavy (non-hydrogen) atoms. The normalized spacial score (nSPS) is 10.2. The van der Waals surface area contributed by atoms with E-state index in [9.17, 15) is 0 Å². The van der Waals surface area contributed by atoms with Crippen LogP contribution in [0, 0.1) is 0 Å². The molecule has 1 aromatic rings. The summed E-state index contributed by atoms with van der Waals surface area (Å²) >= 11 is 0. The number of hydrogen-bond donors (Lipinski definition) is 1. The molecule has 0 aromatic carbocycles. The van der Waals surface area contributed by atoms with Crippen LogP contribution in [0.25, 0.3) is 0 Å². The Balaban J connectivity index is 2.97. The zero-order valence-corrected chi connectivity index (χ0v) is 7.20. The molecule has 0 saturated heterocycles. The third-order valence-electron chi connectivity index (χ3n) is 1.57. The first kappa shape index (κ1) is 8.07. The maximum absolute atomic E-state index is 5.44. The van der Waals surface area contributed by atoms with Crippen LogP contribution in [0.3, 0.4) is 0 Å². The van der Waals surface area contributed by atoms with Crippen molar-refractivity contribution in [2.24, 2.45) is 12.8 Å². The van der Waals surface area contributed by atoms with Gasteiger partial charge in [-0.1, -0.05) is 0 Å². The molecule has 0 fully saturated rings. The summed E-state index contributed by atoms with van der Waals surface area (Å²) in [6.45, 7) is 0.502. The lowest BCUT2D eigenvalue weighted by molar-refractivity contribution is 0.733. The van der Waals surface area contributed by atoms with Crippen LogP contribution in [0.5, 0.6) is 0 Å². The van der Waals surface area contributed by atoms with E-state index in [0.717, 1.165) is 11.5 Å². The molecular formula is C7H14N4. The van der Waals surface area contributed by atoms with Gasteiger partial charge in [0.25, 0.3) is 0 Å². The monoisotopic (exact) mass is 154 g/mol. The Hall–Kier alpha value is -1.03. The third-order valence-corrected chi connectivity index (χ3v) is 1.57. The Bertz CT molecular complexity index is 239. The smallest absolute Gasteiger partial charge is 0.126 e. The van der Waals surface area contributed by atoms with Gasteiger partial charge in [0.05, 0.1) is 5.69 Å². The molecule has 2 N–H and O–H groups in total. The molecule has 0 aliphatic heterocycles. The van der Waals surface area contributed by atoms with E-state index in [1.54, 1.807) is 0 Å². The number of anilines is 1. The number of hydrogen-bond acceptors (Lipinski definition) is 3. The van der Waals surface area contributed by atoms with E-state index in [0.29, 0.717) is 6.54 Å². The van der Waals surface area contributed by atoms with Crippen molar-refractivity contribution in [1.82, 2.24) is 9.78 Å². The van der Waals surface area contributed by atoms with Crippen molar-refractivity contribution in [2.75, 3.05) is 19.0 Å². The standard InChI is InChI=1S/C7H14N4/c1-10(2)7-4-6(5-8)9-11(7)3/h4H,5,8H2,1-3H3. The molecule has 0 bridgehead atoms. The highest BCUT2D eigenvalue weighted by atomic mass is 15.3. The Labute approximate surface area is 66.6 Å². The number of rotatable bonds is 2. The van der Waals surface area contributed by atoms with Crippen molar-refractivity contribution in [1.29, 1.82) is 0 Å². The van der Waals surface area contributed by atoms with Crippen molar-refractivity contribution >= 4 is 5.82 Å². The van der Waals surface area contributed by atoms with Gasteiger partial charge in [0.1, 0.15) is 5.82 Å². The largest absolute Gasteiger partial charge is 0.363 e. The lowest BCUT2D eigenvalue weighted by Crippen LogP contribution is -2.12. The highest BCUT2D eigenvalue weighted by Gasteiger charge is 2.03. The van der Waals surface area contributed by atoms with E-state index in [2.05, 4.69) is 5.10 Å². The number of nitrogens with two attached hydrogens (primary N) is 1. The number of nitrogens with zero attached hydrogens (tertiary/aromatic N) is 3. The predicted molar refractivity (Wildman–Crippen MR) is 45.4 cm³/mol. The summed E-state index contributed by atoms with van der Waals surface area (Å²) in [4.78, 5) is 2.01. The number of aryl methyl sites for hydroxylation is 1. The summed E-state index contributed by atoms with van der Waals surface area (Å²) in [7, 11) is 5.88. The van der Waals surface area contributed by atoms with E-state index < -0.39 is 0 Å². The summed E-state index contributed by atoms with van der Waals surface area (Å²) in [5, 5.41) is 4.20. The Morgan fingerprint density at radius 2 is 2.27 bits per heavy atom. The Kier molecular flexibility index (Phi) is 2.14. The minimum Gasteiger partial charge on any atom is -0.363 e. The van der Waals surface area contributed by atoms with Gasteiger partial charge in [-0.25, -0.2) is 0 Å². The topological polar surface area (TPSA) is 47.1 Å². The fourth-order valence-corrected chi connectivity index (χ4v) is 1.03. The van der Waals surface area contributed by atoms with Crippen molar-refractivity contribution in [3.8, 4) is 0 Å². The molecule has 1 rings (SSSR count). The maximum atomic E-state index is 5.44. The van der Waals surface area contributed by atoms with Gasteiger partial charge in [0, 0.05) is 33.8 Å². The van der Waals surface area contributed by atoms with Gasteiger partial charge in [-0.3, -0.25) is 4.68 Å². The first-order valence-electron chi connectivity index (χ1n) is 3.55. The molecule has 4 nitrogen and oxygen atoms in total. The van der Waals surface area contributed by atoms with Crippen molar-refractivity contribution in [3.63, 3.8) is 0 Å². The molecule has 0 saturated carbocycles. The molecule has 62 valence electrons. The zero-order chi connectivity index (χ0) is 8.43. The van der Waals surface area contributed by atoms with Crippen molar-refractivity contribution in [2.45, 2.75) is 6.54 Å². The van der Waals surface area contributed by atoms with Gasteiger partial charge in [-0.2, -0.15) is 5.10 Å². The van der Waals surface area contributed by atoms with Crippen LogP contribution in [-0.2, 0) is 13.6 Å². The van der Waals surface area contributed by atoms with E-state index in [-0.39, 0.29) is 0 Å². The predicted octanol–water partition coefficient (Wildman–Crippen LogP) is -0.0552. The summed E-state index contributed by atoms with van der Waals surface area (Å²) in [5.41, 5.74) is 6.36. The van der Waals surface area contributed by atoms with Crippen LogP contribution < -0.4 is 10.6 Å². The molecule has 0 amide bonds. The molecule has 1 aromatic heterocycles. The van der Waals surface area contributed by atoms with Crippen LogP contribution in [0.1, 0.15) is 5.69 Å². The minimum atomic E-state index is 0.502. The van der Waals surface area contributed by atoms with E-state index >= 15 is 0 Å². The molecule has 0 radical (unpaired) electrons. The number of aromatic nitrogens is 2. The van der Waals surface area contributed by atoms with Gasteiger partial charge in [0.15, 0.2) is 0 Å². The first-order chi connectivity index (χ1) is 5.15. The maximum Gasteiger partial charge on any atom is 0.126 e. The minimum absolute atomic E-state index is 0.502. The summed E-state index contributed by atoms with van der Waals surface area (Å²) in [5.74, 6) is 1.07. The molecular weight excluding hydrogens is 140 g/mol. The molecule has 4 heteroatoms. The summed E-state index contributed by atoms with van der Waals surface area (Å²) < 4.78 is 1.82. The van der Waals surface area contributed by atoms with Crippen LogP contribution in [0.15, 0.2) is 6.07 Å². The van der Waals surface area contributed by atoms with Gasteiger partial charge in [-0.05, 0) is 0 Å². The quantitative estimate of drug-likeness (QED) is 0.649. The van der Waals surface area contributed by atoms with Gasteiger partial charge in [0.2, 0.25) is 0 Å². The molecule has 0 aliphatic carbocycles. The highest BCUT2D eigenvalue weighted by Crippen LogP contribution is 2.10. The lowest BCUT2D eigenvalue weighted by atomic mass is 10.4. The highest BCUT2D eigenvalue weighted by molar-refractivity contribution is 5.38. The average molecular weight is 154 g/mol. The molecule has 0 unspecified atom stereocenters. The molecule has 1 heterocycles. The molecule has 0 atom stereocenters. The summed E-state index contributed by atoms with van der Waals surface area (Å²) in [6.07, 6.45) is 0.